The molecule has 2 heterocycles. The summed E-state index contributed by atoms with van der Waals surface area (Å²) in [6.07, 6.45) is 19.3. The summed E-state index contributed by atoms with van der Waals surface area (Å²) < 4.78 is 4.96. The van der Waals surface area contributed by atoms with E-state index in [-0.39, 0.29) is 0 Å². The van der Waals surface area contributed by atoms with E-state index in [4.69, 9.17) is 0 Å². The second-order valence-corrected chi connectivity index (χ2v) is 17.4. The standard InChI is InChI=1S/C58H54N2/c1-6-7-8-19-46-35-45-27-25-42(33-57(45)59(46)47-29-31-51(44-17-14-18-44)55(37-47)50-22-13-16-38(2)41(50)5)32-43-26-30-53-52-21-11-12-23-56(52)60(58(53)34-43)48-28-24-40(4)54(36-48)49-20-10-9-15-39(49)3/h6-13,15,19-31,33-38,44H,14,16-18,32H2,1-5H3/b7-6-,19-8-. The van der Waals surface area contributed by atoms with Crippen molar-refractivity contribution >= 4 is 44.4 Å². The average molecular weight is 779 g/mol. The predicted octanol–water partition coefficient (Wildman–Crippen LogP) is 15.8. The zero-order valence-electron chi connectivity index (χ0n) is 35.7. The minimum atomic E-state index is 0.561. The Balaban J connectivity index is 1.09. The number of allylic oxidation sites excluding steroid dienone is 7. The van der Waals surface area contributed by atoms with Gasteiger partial charge >= 0.3 is 0 Å². The van der Waals surface area contributed by atoms with Crippen molar-refractivity contribution in [2.45, 2.75) is 72.6 Å². The molecule has 1 unspecified atom stereocenters. The molecule has 0 saturated heterocycles. The quantitative estimate of drug-likeness (QED) is 0.129. The van der Waals surface area contributed by atoms with E-state index in [1.54, 1.807) is 0 Å². The van der Waals surface area contributed by atoms with E-state index in [1.165, 1.54) is 125 Å². The zero-order chi connectivity index (χ0) is 40.9. The molecule has 1 fully saturated rings. The predicted molar refractivity (Wildman–Crippen MR) is 258 cm³/mol. The molecule has 0 spiro atoms. The fourth-order valence-corrected chi connectivity index (χ4v) is 9.87. The maximum atomic E-state index is 2.50. The van der Waals surface area contributed by atoms with Crippen LogP contribution < -0.4 is 0 Å². The molecule has 6 aromatic carbocycles. The molecule has 0 amide bonds. The Kier molecular flexibility index (Phi) is 9.88. The molecule has 2 heteroatoms. The van der Waals surface area contributed by atoms with Crippen molar-refractivity contribution in [3.05, 3.63) is 202 Å². The van der Waals surface area contributed by atoms with E-state index in [0.29, 0.717) is 11.8 Å². The van der Waals surface area contributed by atoms with Crippen LogP contribution >= 0.6 is 0 Å². The summed E-state index contributed by atoms with van der Waals surface area (Å²) >= 11 is 0. The lowest BCUT2D eigenvalue weighted by Gasteiger charge is -2.30. The third-order valence-corrected chi connectivity index (χ3v) is 13.6. The molecule has 60 heavy (non-hydrogen) atoms. The maximum Gasteiger partial charge on any atom is 0.0543 e. The van der Waals surface area contributed by atoms with Crippen LogP contribution in [0.4, 0.5) is 0 Å². The lowest BCUT2D eigenvalue weighted by Crippen LogP contribution is -2.13. The first-order chi connectivity index (χ1) is 29.4. The Bertz CT molecular complexity index is 3080. The highest BCUT2D eigenvalue weighted by Gasteiger charge is 2.26. The average Bonchev–Trinajstić information content (AvgIpc) is 3.77. The normalized spacial score (nSPS) is 16.1. The smallest absolute Gasteiger partial charge is 0.0543 e. The van der Waals surface area contributed by atoms with E-state index in [9.17, 15) is 0 Å². The van der Waals surface area contributed by atoms with Gasteiger partial charge in [-0.25, -0.2) is 0 Å². The minimum absolute atomic E-state index is 0.561. The molecule has 8 aromatic rings. The van der Waals surface area contributed by atoms with Gasteiger partial charge in [0.1, 0.15) is 0 Å². The SMILES string of the molecule is C/C=C\C=C/c1cc2ccc(Cc3ccc4c5ccccc5n(-c5ccc(C)c(-c6ccccc6C)c5)c4c3)cc2n1-c1ccc(C2CCC2)c(C2=C(C)C(C)CC=C2)c1. The van der Waals surface area contributed by atoms with Crippen molar-refractivity contribution in [3.63, 3.8) is 0 Å². The van der Waals surface area contributed by atoms with E-state index in [2.05, 4.69) is 208 Å². The van der Waals surface area contributed by atoms with Crippen molar-refractivity contribution in [2.24, 2.45) is 5.92 Å². The molecular formula is C58H54N2. The topological polar surface area (TPSA) is 9.86 Å². The van der Waals surface area contributed by atoms with Crippen LogP contribution in [-0.2, 0) is 6.42 Å². The molecule has 0 N–H and O–H groups in total. The molecule has 0 radical (unpaired) electrons. The first-order valence-corrected chi connectivity index (χ1v) is 22.0. The fourth-order valence-electron chi connectivity index (χ4n) is 9.87. The summed E-state index contributed by atoms with van der Waals surface area (Å²) in [5.41, 5.74) is 20.9. The van der Waals surface area contributed by atoms with Crippen LogP contribution in [0.2, 0.25) is 0 Å². The molecule has 2 aromatic heterocycles. The molecular weight excluding hydrogens is 725 g/mol. The largest absolute Gasteiger partial charge is 0.310 e. The van der Waals surface area contributed by atoms with Gasteiger partial charge in [-0.3, -0.25) is 0 Å². The van der Waals surface area contributed by atoms with Gasteiger partial charge < -0.3 is 9.13 Å². The van der Waals surface area contributed by atoms with E-state index < -0.39 is 0 Å². The van der Waals surface area contributed by atoms with Gasteiger partial charge in [0, 0.05) is 33.2 Å². The van der Waals surface area contributed by atoms with Crippen molar-refractivity contribution in [2.75, 3.05) is 0 Å². The Morgan fingerprint density at radius 3 is 2.15 bits per heavy atom. The molecule has 0 bridgehead atoms. The second-order valence-electron chi connectivity index (χ2n) is 17.4. The van der Waals surface area contributed by atoms with Gasteiger partial charge in [-0.05, 0) is 170 Å². The minimum Gasteiger partial charge on any atom is -0.310 e. The Morgan fingerprint density at radius 2 is 1.33 bits per heavy atom. The highest BCUT2D eigenvalue weighted by atomic mass is 15.0. The lowest BCUT2D eigenvalue weighted by atomic mass is 9.75. The van der Waals surface area contributed by atoms with Crippen LogP contribution in [0.3, 0.4) is 0 Å². The van der Waals surface area contributed by atoms with Gasteiger partial charge in [0.25, 0.3) is 0 Å². The maximum absolute atomic E-state index is 2.50. The van der Waals surface area contributed by atoms with E-state index >= 15 is 0 Å². The summed E-state index contributed by atoms with van der Waals surface area (Å²) in [6, 6.07) is 48.4. The van der Waals surface area contributed by atoms with Gasteiger partial charge in [0.15, 0.2) is 0 Å². The first kappa shape index (κ1) is 37.9. The molecule has 2 nitrogen and oxygen atoms in total. The van der Waals surface area contributed by atoms with Crippen molar-refractivity contribution in [1.29, 1.82) is 0 Å². The Hall–Kier alpha value is -6.38. The van der Waals surface area contributed by atoms with Crippen molar-refractivity contribution in [1.82, 2.24) is 9.13 Å². The van der Waals surface area contributed by atoms with Crippen molar-refractivity contribution in [3.8, 4) is 22.5 Å². The Labute approximate surface area is 355 Å². The Morgan fingerprint density at radius 1 is 0.617 bits per heavy atom. The van der Waals surface area contributed by atoms with Gasteiger partial charge in [0.2, 0.25) is 0 Å². The number of aromatic nitrogens is 2. The number of fused-ring (bicyclic) bond motifs is 4. The van der Waals surface area contributed by atoms with Crippen molar-refractivity contribution < 1.29 is 0 Å². The molecule has 2 aliphatic rings. The van der Waals surface area contributed by atoms with Crippen LogP contribution in [-0.4, -0.2) is 9.13 Å². The third kappa shape index (κ3) is 6.69. The molecule has 0 aliphatic heterocycles. The van der Waals surface area contributed by atoms with Crippen LogP contribution in [0.25, 0.3) is 66.9 Å². The van der Waals surface area contributed by atoms with Crippen LogP contribution in [0.5, 0.6) is 0 Å². The van der Waals surface area contributed by atoms with Gasteiger partial charge in [-0.2, -0.15) is 0 Å². The van der Waals surface area contributed by atoms with Crippen LogP contribution in [0.15, 0.2) is 163 Å². The number of para-hydroxylation sites is 1. The molecule has 296 valence electrons. The zero-order valence-corrected chi connectivity index (χ0v) is 35.7. The second kappa shape index (κ2) is 15.7. The molecule has 2 aliphatic carbocycles. The number of aryl methyl sites for hydroxylation is 2. The number of rotatable bonds is 9. The first-order valence-electron chi connectivity index (χ1n) is 22.0. The summed E-state index contributed by atoms with van der Waals surface area (Å²) in [7, 11) is 0. The van der Waals surface area contributed by atoms with E-state index in [1.807, 2.05) is 0 Å². The van der Waals surface area contributed by atoms with E-state index in [0.717, 1.165) is 12.8 Å². The summed E-state index contributed by atoms with van der Waals surface area (Å²) in [6.45, 7) is 11.2. The third-order valence-electron chi connectivity index (χ3n) is 13.6. The molecule has 10 rings (SSSR count). The fraction of sp³-hybridized carbons (Fsp3) is 0.207. The highest BCUT2D eigenvalue weighted by molar-refractivity contribution is 6.09. The van der Waals surface area contributed by atoms with Gasteiger partial charge in [-0.1, -0.05) is 128 Å². The monoisotopic (exact) mass is 778 g/mol. The molecule has 1 atom stereocenters. The molecule has 1 saturated carbocycles. The number of hydrogen-bond acceptors (Lipinski definition) is 0. The summed E-state index contributed by atoms with van der Waals surface area (Å²) in [5, 5.41) is 3.81. The highest BCUT2D eigenvalue weighted by Crippen LogP contribution is 2.44. The van der Waals surface area contributed by atoms with Crippen LogP contribution in [0.1, 0.15) is 91.4 Å². The van der Waals surface area contributed by atoms with Gasteiger partial charge in [-0.15, -0.1) is 0 Å². The lowest BCUT2D eigenvalue weighted by molar-refractivity contribution is 0.419. The number of benzene rings is 6. The number of hydrogen-bond donors (Lipinski definition) is 0. The van der Waals surface area contributed by atoms with Crippen LogP contribution in [0, 0.1) is 19.8 Å². The number of nitrogens with zero attached hydrogens (tertiary/aromatic N) is 2. The van der Waals surface area contributed by atoms with Gasteiger partial charge in [0.05, 0.1) is 16.6 Å². The summed E-state index contributed by atoms with van der Waals surface area (Å²) in [5.74, 6) is 1.21. The summed E-state index contributed by atoms with van der Waals surface area (Å²) in [4.78, 5) is 0.